The van der Waals surface area contributed by atoms with Crippen LogP contribution in [0.15, 0.2) is 40.1 Å². The van der Waals surface area contributed by atoms with Crippen LogP contribution in [0.1, 0.15) is 38.7 Å². The number of nitrogens with zero attached hydrogens (tertiary/aromatic N) is 3. The zero-order valence-corrected chi connectivity index (χ0v) is 17.1. The quantitative estimate of drug-likeness (QED) is 0.182. The first-order chi connectivity index (χ1) is 12.5. The second-order valence-electron chi connectivity index (χ2n) is 6.03. The predicted molar refractivity (Wildman–Crippen MR) is 108 cm³/mol. The number of nitro benzene ring substituents is 1. The third kappa shape index (κ3) is 5.94. The molecule has 2 rings (SSSR count). The number of nitro groups is 1. The van der Waals surface area contributed by atoms with Crippen LogP contribution in [0.2, 0.25) is 0 Å². The van der Waals surface area contributed by atoms with Crippen molar-refractivity contribution >= 4 is 34.1 Å². The van der Waals surface area contributed by atoms with Crippen molar-refractivity contribution in [3.8, 4) is 0 Å². The van der Waals surface area contributed by atoms with Crippen LogP contribution in [0.3, 0.4) is 0 Å². The van der Waals surface area contributed by atoms with Gasteiger partial charge < -0.3 is 4.52 Å². The highest BCUT2D eigenvalue weighted by Gasteiger charge is 2.19. The van der Waals surface area contributed by atoms with Crippen LogP contribution in [-0.4, -0.2) is 21.8 Å². The lowest BCUT2D eigenvalue weighted by Crippen LogP contribution is -1.94. The molecule has 0 aliphatic carbocycles. The summed E-state index contributed by atoms with van der Waals surface area (Å²) in [6.07, 6.45) is 7.95. The van der Waals surface area contributed by atoms with Crippen LogP contribution in [0.5, 0.6) is 0 Å². The maximum absolute atomic E-state index is 11.0. The summed E-state index contributed by atoms with van der Waals surface area (Å²) >= 11 is 0. The van der Waals surface area contributed by atoms with Crippen molar-refractivity contribution in [3.63, 3.8) is 0 Å². The van der Waals surface area contributed by atoms with Crippen LogP contribution in [0.25, 0.3) is 11.0 Å². The van der Waals surface area contributed by atoms with Gasteiger partial charge in [0.15, 0.2) is 0 Å². The summed E-state index contributed by atoms with van der Waals surface area (Å²) in [4.78, 5) is 10.6. The summed E-state index contributed by atoms with van der Waals surface area (Å²) in [5.74, 6) is 0. The van der Waals surface area contributed by atoms with E-state index in [4.69, 9.17) is 9.15 Å². The summed E-state index contributed by atoms with van der Waals surface area (Å²) in [6, 6.07) is 3.20. The van der Waals surface area contributed by atoms with Crippen LogP contribution in [0, 0.1) is 10.1 Å². The first kappa shape index (κ1) is 20.6. The highest BCUT2D eigenvalue weighted by atomic mass is 32.0. The van der Waals surface area contributed by atoms with Crippen molar-refractivity contribution in [2.75, 3.05) is 6.61 Å². The molecule has 0 radical (unpaired) electrons. The van der Waals surface area contributed by atoms with Crippen molar-refractivity contribution in [3.05, 3.63) is 51.1 Å². The largest absolute Gasteiger partial charge is 0.354 e. The van der Waals surface area contributed by atoms with E-state index in [0.717, 1.165) is 31.2 Å². The lowest BCUT2D eigenvalue weighted by molar-refractivity contribution is -0.383. The Morgan fingerprint density at radius 3 is 2.73 bits per heavy atom. The van der Waals surface area contributed by atoms with Gasteiger partial charge in [-0.25, -0.2) is 4.63 Å². The molecule has 0 saturated heterocycles. The van der Waals surface area contributed by atoms with E-state index in [2.05, 4.69) is 45.2 Å². The van der Waals surface area contributed by atoms with E-state index in [0.29, 0.717) is 20.6 Å². The highest BCUT2D eigenvalue weighted by molar-refractivity contribution is 8.00. The van der Waals surface area contributed by atoms with E-state index in [1.54, 1.807) is 6.07 Å². The lowest BCUT2D eigenvalue weighted by Gasteiger charge is -2.04. The van der Waals surface area contributed by atoms with Gasteiger partial charge in [-0.2, -0.15) is 0 Å². The van der Waals surface area contributed by atoms with Gasteiger partial charge in [-0.1, -0.05) is 32.2 Å². The van der Waals surface area contributed by atoms with Crippen molar-refractivity contribution in [2.45, 2.75) is 39.5 Å². The zero-order chi connectivity index (χ0) is 18.9. The number of fused-ring (bicyclic) bond motifs is 1. The lowest BCUT2D eigenvalue weighted by atomic mass is 10.0. The topological polar surface area (TPSA) is 91.3 Å². The Balaban J connectivity index is 1.91. The van der Waals surface area contributed by atoms with Gasteiger partial charge in [0.1, 0.15) is 5.52 Å². The number of hydrogen-bond acceptors (Lipinski definition) is 6. The third-order valence-electron chi connectivity index (χ3n) is 4.09. The molecule has 0 saturated carbocycles. The SMILES string of the molecule is C/C(=C\COPP)CC/C=C(\C)CCc1ccc([N+](=O)[O-])c2nonc12. The Morgan fingerprint density at radius 2 is 2.00 bits per heavy atom. The molecule has 1 aromatic heterocycles. The molecule has 0 aliphatic rings. The maximum atomic E-state index is 11.0. The Bertz CT molecular complexity index is 817. The summed E-state index contributed by atoms with van der Waals surface area (Å²) in [6.45, 7) is 4.88. The van der Waals surface area contributed by atoms with Crippen LogP contribution >= 0.6 is 17.4 Å². The molecule has 0 N–H and O–H groups in total. The molecular formula is C17H23N3O4P2. The molecule has 140 valence electrons. The molecule has 0 bridgehead atoms. The first-order valence-corrected chi connectivity index (χ1v) is 11.0. The summed E-state index contributed by atoms with van der Waals surface area (Å²) in [5, 5.41) is 18.5. The number of aromatic nitrogens is 2. The van der Waals surface area contributed by atoms with E-state index < -0.39 is 4.92 Å². The van der Waals surface area contributed by atoms with Gasteiger partial charge in [-0.15, -0.1) is 0 Å². The number of non-ortho nitro benzene ring substituents is 1. The second kappa shape index (κ2) is 10.5. The van der Waals surface area contributed by atoms with Crippen molar-refractivity contribution in [1.82, 2.24) is 10.3 Å². The average molecular weight is 395 g/mol. The molecule has 0 aliphatic heterocycles. The Morgan fingerprint density at radius 1 is 1.27 bits per heavy atom. The fourth-order valence-corrected chi connectivity index (χ4v) is 3.04. The van der Waals surface area contributed by atoms with Gasteiger partial charge in [0, 0.05) is 14.6 Å². The van der Waals surface area contributed by atoms with Gasteiger partial charge in [0.2, 0.25) is 5.52 Å². The Labute approximate surface area is 156 Å². The van der Waals surface area contributed by atoms with Gasteiger partial charge in [0.05, 0.1) is 11.5 Å². The van der Waals surface area contributed by atoms with Gasteiger partial charge in [-0.05, 0) is 61.5 Å². The van der Waals surface area contributed by atoms with E-state index in [1.807, 2.05) is 0 Å². The van der Waals surface area contributed by atoms with Crippen molar-refractivity contribution in [1.29, 1.82) is 0 Å². The second-order valence-corrected chi connectivity index (χ2v) is 7.26. The summed E-state index contributed by atoms with van der Waals surface area (Å²) < 4.78 is 10.0. The molecule has 7 nitrogen and oxygen atoms in total. The monoisotopic (exact) mass is 395 g/mol. The third-order valence-corrected chi connectivity index (χ3v) is 4.93. The first-order valence-electron chi connectivity index (χ1n) is 8.30. The average Bonchev–Trinajstić information content (AvgIpc) is 3.09. The molecule has 26 heavy (non-hydrogen) atoms. The Hall–Kier alpha value is -1.68. The molecule has 0 fully saturated rings. The molecule has 1 aromatic carbocycles. The fraction of sp³-hybridized carbons (Fsp3) is 0.412. The number of benzene rings is 1. The van der Waals surface area contributed by atoms with Crippen molar-refractivity contribution < 1.29 is 14.1 Å². The molecule has 0 amide bonds. The minimum atomic E-state index is -0.470. The number of aryl methyl sites for hydroxylation is 1. The standard InChI is InChI=1S/C17H23N3O4P2/c1-12(4-3-5-13(2)10-11-23-26-25)6-7-14-8-9-15(20(21)22)17-16(14)18-24-19-17/h4,8-10,26H,3,5-7,11,25H2,1-2H3/b12-4+,13-10+. The van der Waals surface area contributed by atoms with Crippen LogP contribution in [0.4, 0.5) is 5.69 Å². The fourth-order valence-electron chi connectivity index (χ4n) is 2.57. The van der Waals surface area contributed by atoms with Gasteiger partial charge in [-0.3, -0.25) is 10.1 Å². The smallest absolute Gasteiger partial charge is 0.300 e. The maximum Gasteiger partial charge on any atom is 0.300 e. The van der Waals surface area contributed by atoms with E-state index in [9.17, 15) is 10.1 Å². The highest BCUT2D eigenvalue weighted by Crippen LogP contribution is 2.27. The van der Waals surface area contributed by atoms with Crippen LogP contribution in [-0.2, 0) is 10.9 Å². The zero-order valence-electron chi connectivity index (χ0n) is 14.9. The minimum absolute atomic E-state index is 0.0780. The Kier molecular flexibility index (Phi) is 8.30. The molecule has 2 aromatic rings. The van der Waals surface area contributed by atoms with Crippen molar-refractivity contribution in [2.24, 2.45) is 0 Å². The van der Waals surface area contributed by atoms with E-state index >= 15 is 0 Å². The van der Waals surface area contributed by atoms with Gasteiger partial charge in [0.25, 0.3) is 0 Å². The molecular weight excluding hydrogens is 372 g/mol. The molecule has 9 heteroatoms. The summed E-state index contributed by atoms with van der Waals surface area (Å²) in [7, 11) is 3.01. The number of hydrogen-bond donors (Lipinski definition) is 0. The van der Waals surface area contributed by atoms with Crippen LogP contribution < -0.4 is 0 Å². The van der Waals surface area contributed by atoms with E-state index in [-0.39, 0.29) is 11.2 Å². The number of rotatable bonds is 10. The predicted octanol–water partition coefficient (Wildman–Crippen LogP) is 5.14. The molecule has 0 spiro atoms. The normalized spacial score (nSPS) is 13.2. The number of allylic oxidation sites excluding steroid dienone is 3. The molecule has 2 atom stereocenters. The summed E-state index contributed by atoms with van der Waals surface area (Å²) in [5.41, 5.74) is 4.12. The molecule has 2 unspecified atom stereocenters. The van der Waals surface area contributed by atoms with E-state index in [1.165, 1.54) is 17.2 Å². The minimum Gasteiger partial charge on any atom is -0.354 e. The van der Waals surface area contributed by atoms with Gasteiger partial charge >= 0.3 is 5.69 Å². The molecule has 1 heterocycles.